The second-order valence-electron chi connectivity index (χ2n) is 8.40. The van der Waals surface area contributed by atoms with Crippen LogP contribution in [0.3, 0.4) is 0 Å². The smallest absolute Gasteiger partial charge is 0.319 e. The molecule has 0 saturated carbocycles. The van der Waals surface area contributed by atoms with Crippen molar-refractivity contribution in [1.82, 2.24) is 0 Å². The lowest BCUT2D eigenvalue weighted by Crippen LogP contribution is -2.42. The van der Waals surface area contributed by atoms with Gasteiger partial charge in [-0.25, -0.2) is 0 Å². The lowest BCUT2D eigenvalue weighted by atomic mass is 9.72. The maximum Gasteiger partial charge on any atom is 0.319 e. The van der Waals surface area contributed by atoms with Crippen molar-refractivity contribution in [3.8, 4) is 0 Å². The summed E-state index contributed by atoms with van der Waals surface area (Å²) in [6.45, 7) is 9.19. The average Bonchev–Trinajstić information content (AvgIpc) is 2.91. The van der Waals surface area contributed by atoms with Gasteiger partial charge in [0.25, 0.3) is 0 Å². The zero-order chi connectivity index (χ0) is 21.3. The molecular formula is C24H27NO4. The van der Waals surface area contributed by atoms with Crippen LogP contribution in [0.15, 0.2) is 48.5 Å². The van der Waals surface area contributed by atoms with Gasteiger partial charge in [0, 0.05) is 23.1 Å². The van der Waals surface area contributed by atoms with Crippen LogP contribution in [-0.4, -0.2) is 23.3 Å². The molecule has 1 heterocycles. The summed E-state index contributed by atoms with van der Waals surface area (Å²) in [4.78, 5) is 38.7. The van der Waals surface area contributed by atoms with Crippen molar-refractivity contribution >= 4 is 23.3 Å². The molecule has 0 spiro atoms. The highest BCUT2D eigenvalue weighted by atomic mass is 16.6. The van der Waals surface area contributed by atoms with E-state index in [1.165, 1.54) is 0 Å². The Bertz CT molecular complexity index is 928. The molecule has 1 saturated heterocycles. The van der Waals surface area contributed by atoms with E-state index in [2.05, 4.69) is 5.32 Å². The molecule has 29 heavy (non-hydrogen) atoms. The number of esters is 1. The van der Waals surface area contributed by atoms with Crippen LogP contribution in [0.1, 0.15) is 42.3 Å². The fraction of sp³-hybridized carbons (Fsp3) is 0.375. The number of benzene rings is 2. The minimum Gasteiger partial charge on any atom is -0.459 e. The second kappa shape index (κ2) is 7.82. The normalized spacial score (nSPS) is 21.3. The molecule has 1 amide bonds. The van der Waals surface area contributed by atoms with Crippen molar-refractivity contribution in [3.05, 3.63) is 65.2 Å². The van der Waals surface area contributed by atoms with Crippen molar-refractivity contribution in [2.24, 2.45) is 17.8 Å². The summed E-state index contributed by atoms with van der Waals surface area (Å²) in [6.07, 6.45) is 0. The molecular weight excluding hydrogens is 366 g/mol. The molecule has 5 heteroatoms. The molecule has 1 aliphatic rings. The first-order valence-corrected chi connectivity index (χ1v) is 9.81. The number of anilines is 1. The monoisotopic (exact) mass is 393 g/mol. The third kappa shape index (κ3) is 4.24. The Balaban J connectivity index is 1.87. The number of hydrogen-bond donors (Lipinski definition) is 1. The molecule has 2 aromatic carbocycles. The van der Waals surface area contributed by atoms with Gasteiger partial charge in [-0.2, -0.15) is 0 Å². The lowest BCUT2D eigenvalue weighted by Gasteiger charge is -2.31. The van der Waals surface area contributed by atoms with Crippen molar-refractivity contribution in [1.29, 1.82) is 0 Å². The van der Waals surface area contributed by atoms with Gasteiger partial charge in [-0.15, -0.1) is 0 Å². The van der Waals surface area contributed by atoms with Gasteiger partial charge in [0.15, 0.2) is 5.78 Å². The molecule has 1 aliphatic heterocycles. The maximum absolute atomic E-state index is 13.1. The van der Waals surface area contributed by atoms with E-state index in [0.29, 0.717) is 11.3 Å². The van der Waals surface area contributed by atoms with Gasteiger partial charge >= 0.3 is 5.97 Å². The number of rotatable bonds is 5. The van der Waals surface area contributed by atoms with E-state index in [1.54, 1.807) is 45.0 Å². The number of amides is 1. The first-order chi connectivity index (χ1) is 13.6. The quantitative estimate of drug-likeness (QED) is 0.466. The van der Waals surface area contributed by atoms with E-state index in [9.17, 15) is 14.4 Å². The van der Waals surface area contributed by atoms with Crippen LogP contribution < -0.4 is 5.32 Å². The zero-order valence-electron chi connectivity index (χ0n) is 17.5. The van der Waals surface area contributed by atoms with Crippen LogP contribution in [0.4, 0.5) is 5.69 Å². The molecule has 3 atom stereocenters. The van der Waals surface area contributed by atoms with Crippen molar-refractivity contribution < 1.29 is 19.1 Å². The molecule has 3 rings (SSSR count). The Kier molecular flexibility index (Phi) is 5.60. The maximum atomic E-state index is 13.1. The van der Waals surface area contributed by atoms with E-state index in [0.717, 1.165) is 11.1 Å². The zero-order valence-corrected chi connectivity index (χ0v) is 17.5. The predicted molar refractivity (Wildman–Crippen MR) is 112 cm³/mol. The van der Waals surface area contributed by atoms with Gasteiger partial charge in [0.2, 0.25) is 5.91 Å². The minimum absolute atomic E-state index is 0.102. The molecule has 0 bridgehead atoms. The molecule has 1 fully saturated rings. The van der Waals surface area contributed by atoms with E-state index in [-0.39, 0.29) is 5.78 Å². The van der Waals surface area contributed by atoms with Gasteiger partial charge in [-0.1, -0.05) is 54.4 Å². The summed E-state index contributed by atoms with van der Waals surface area (Å²) in [5.41, 5.74) is 2.38. The van der Waals surface area contributed by atoms with Gasteiger partial charge in [-0.3, -0.25) is 14.4 Å². The van der Waals surface area contributed by atoms with E-state index >= 15 is 0 Å². The Labute approximate surface area is 171 Å². The molecule has 0 aromatic heterocycles. The van der Waals surface area contributed by atoms with E-state index < -0.39 is 35.2 Å². The third-order valence-corrected chi connectivity index (χ3v) is 5.67. The minimum atomic E-state index is -1.05. The number of Topliss-reactive ketones (excluding diaryl/α,β-unsaturated/α-hetero) is 1. The SMILES string of the molecule is Cc1ccc(NC(=O)[C@H]2C(=O)OC(C)(C)[C@@H]2[C@H](C)C(=O)c2ccc(C)cc2)cc1. The highest BCUT2D eigenvalue weighted by molar-refractivity contribution is 6.07. The van der Waals surface area contributed by atoms with Crippen LogP contribution >= 0.6 is 0 Å². The number of hydrogen-bond acceptors (Lipinski definition) is 4. The standard InChI is InChI=1S/C24H27NO4/c1-14-6-10-17(11-7-14)21(26)16(3)20-19(23(28)29-24(20,4)5)22(27)25-18-12-8-15(2)9-13-18/h6-13,16,19-20H,1-5H3,(H,25,27)/t16-,19-,20+/m0/s1. The van der Waals surface area contributed by atoms with Crippen molar-refractivity contribution in [2.75, 3.05) is 5.32 Å². The van der Waals surface area contributed by atoms with Crippen molar-refractivity contribution in [2.45, 2.75) is 40.2 Å². The highest BCUT2D eigenvalue weighted by Gasteiger charge is 2.56. The molecule has 1 N–H and O–H groups in total. The Morgan fingerprint density at radius 3 is 2.03 bits per heavy atom. The van der Waals surface area contributed by atoms with Gasteiger partial charge in [0.05, 0.1) is 0 Å². The lowest BCUT2D eigenvalue weighted by molar-refractivity contribution is -0.150. The molecule has 5 nitrogen and oxygen atoms in total. The Morgan fingerprint density at radius 2 is 1.48 bits per heavy atom. The van der Waals surface area contributed by atoms with Crippen LogP contribution in [0.2, 0.25) is 0 Å². The molecule has 0 aliphatic carbocycles. The van der Waals surface area contributed by atoms with E-state index in [4.69, 9.17) is 4.74 Å². The summed E-state index contributed by atoms with van der Waals surface area (Å²) < 4.78 is 5.53. The number of nitrogens with one attached hydrogen (secondary N) is 1. The molecule has 0 radical (unpaired) electrons. The van der Waals surface area contributed by atoms with Crippen LogP contribution in [0.25, 0.3) is 0 Å². The van der Waals surface area contributed by atoms with Crippen LogP contribution in [-0.2, 0) is 14.3 Å². The van der Waals surface area contributed by atoms with E-state index in [1.807, 2.05) is 38.1 Å². The summed E-state index contributed by atoms with van der Waals surface area (Å²) >= 11 is 0. The number of carbonyl (C=O) groups excluding carboxylic acids is 3. The summed E-state index contributed by atoms with van der Waals surface area (Å²) in [7, 11) is 0. The number of ether oxygens (including phenoxy) is 1. The first-order valence-electron chi connectivity index (χ1n) is 9.81. The Morgan fingerprint density at radius 1 is 0.966 bits per heavy atom. The van der Waals surface area contributed by atoms with Gasteiger partial charge in [-0.05, 0) is 39.8 Å². The van der Waals surface area contributed by atoms with Crippen molar-refractivity contribution in [3.63, 3.8) is 0 Å². The second-order valence-corrected chi connectivity index (χ2v) is 8.40. The Hall–Kier alpha value is -2.95. The number of carbonyl (C=O) groups is 3. The number of ketones is 1. The van der Waals surface area contributed by atoms with Crippen LogP contribution in [0, 0.1) is 31.6 Å². The molecule has 152 valence electrons. The molecule has 2 aromatic rings. The topological polar surface area (TPSA) is 72.5 Å². The number of aryl methyl sites for hydroxylation is 2. The number of cyclic esters (lactones) is 1. The molecule has 0 unspecified atom stereocenters. The average molecular weight is 393 g/mol. The summed E-state index contributed by atoms with van der Waals surface area (Å²) in [5, 5.41) is 2.80. The predicted octanol–water partition coefficient (Wildman–Crippen LogP) is 4.33. The third-order valence-electron chi connectivity index (χ3n) is 5.67. The van der Waals surface area contributed by atoms with Crippen LogP contribution in [0.5, 0.6) is 0 Å². The highest BCUT2D eigenvalue weighted by Crippen LogP contribution is 2.43. The van der Waals surface area contributed by atoms with Gasteiger partial charge < -0.3 is 10.1 Å². The fourth-order valence-corrected chi connectivity index (χ4v) is 4.10. The fourth-order valence-electron chi connectivity index (χ4n) is 4.10. The first kappa shape index (κ1) is 20.8. The summed E-state index contributed by atoms with van der Waals surface area (Å²) in [6, 6.07) is 14.6. The largest absolute Gasteiger partial charge is 0.459 e. The van der Waals surface area contributed by atoms with Gasteiger partial charge in [0.1, 0.15) is 11.5 Å². The summed E-state index contributed by atoms with van der Waals surface area (Å²) in [5.74, 6) is -3.32.